The van der Waals surface area contributed by atoms with Crippen molar-refractivity contribution in [2.24, 2.45) is 5.73 Å². The standard InChI is InChI=1S/C9H9BrFNO/c10-8-7(13)4-3-6(9(8)11)2-1-5-12/h1-4,13H,5,12H2/b2-1+. The molecule has 1 rings (SSSR count). The number of phenolic OH excluding ortho intramolecular Hbond substituents is 1. The summed E-state index contributed by atoms with van der Waals surface area (Å²) in [5.41, 5.74) is 5.62. The van der Waals surface area contributed by atoms with Crippen molar-refractivity contribution in [2.75, 3.05) is 6.54 Å². The first-order valence-electron chi connectivity index (χ1n) is 3.70. The molecular weight excluding hydrogens is 237 g/mol. The van der Waals surface area contributed by atoms with Gasteiger partial charge in [0.05, 0.1) is 4.47 Å². The van der Waals surface area contributed by atoms with Crippen LogP contribution in [-0.4, -0.2) is 11.7 Å². The molecule has 0 spiro atoms. The summed E-state index contributed by atoms with van der Waals surface area (Å²) >= 11 is 2.93. The van der Waals surface area contributed by atoms with Gasteiger partial charge < -0.3 is 10.8 Å². The third-order valence-electron chi connectivity index (χ3n) is 1.53. The smallest absolute Gasteiger partial charge is 0.148 e. The lowest BCUT2D eigenvalue weighted by Gasteiger charge is -2.01. The second-order valence-electron chi connectivity index (χ2n) is 2.44. The van der Waals surface area contributed by atoms with E-state index in [1.54, 1.807) is 12.2 Å². The lowest BCUT2D eigenvalue weighted by molar-refractivity contribution is 0.464. The average Bonchev–Trinajstić information content (AvgIpc) is 2.13. The van der Waals surface area contributed by atoms with E-state index in [-0.39, 0.29) is 10.2 Å². The van der Waals surface area contributed by atoms with Crippen LogP contribution in [0, 0.1) is 5.82 Å². The summed E-state index contributed by atoms with van der Waals surface area (Å²) < 4.78 is 13.4. The van der Waals surface area contributed by atoms with E-state index < -0.39 is 5.82 Å². The van der Waals surface area contributed by atoms with Crippen molar-refractivity contribution in [1.29, 1.82) is 0 Å². The average molecular weight is 246 g/mol. The first kappa shape index (κ1) is 10.2. The SMILES string of the molecule is NC/C=C/c1ccc(O)c(Br)c1F. The lowest BCUT2D eigenvalue weighted by Crippen LogP contribution is -1.92. The normalized spacial score (nSPS) is 11.0. The van der Waals surface area contributed by atoms with E-state index in [2.05, 4.69) is 15.9 Å². The highest BCUT2D eigenvalue weighted by Crippen LogP contribution is 2.29. The summed E-state index contributed by atoms with van der Waals surface area (Å²) in [6, 6.07) is 2.91. The molecule has 70 valence electrons. The molecule has 0 fully saturated rings. The van der Waals surface area contributed by atoms with Crippen LogP contribution < -0.4 is 5.73 Å². The number of nitrogens with two attached hydrogens (primary N) is 1. The van der Waals surface area contributed by atoms with Crippen LogP contribution >= 0.6 is 15.9 Å². The molecule has 0 aliphatic heterocycles. The minimum Gasteiger partial charge on any atom is -0.507 e. The number of benzene rings is 1. The van der Waals surface area contributed by atoms with E-state index in [1.165, 1.54) is 12.1 Å². The minimum atomic E-state index is -0.482. The van der Waals surface area contributed by atoms with Crippen LogP contribution in [0.25, 0.3) is 6.08 Å². The third-order valence-corrected chi connectivity index (χ3v) is 2.28. The highest BCUT2D eigenvalue weighted by atomic mass is 79.9. The maximum absolute atomic E-state index is 13.3. The minimum absolute atomic E-state index is 0.0756. The highest BCUT2D eigenvalue weighted by molar-refractivity contribution is 9.10. The van der Waals surface area contributed by atoms with Gasteiger partial charge in [0.25, 0.3) is 0 Å². The van der Waals surface area contributed by atoms with Crippen molar-refractivity contribution >= 4 is 22.0 Å². The van der Waals surface area contributed by atoms with Crippen molar-refractivity contribution in [3.8, 4) is 5.75 Å². The van der Waals surface area contributed by atoms with Crippen molar-refractivity contribution < 1.29 is 9.50 Å². The molecule has 0 heterocycles. The molecule has 0 aliphatic carbocycles. The fourth-order valence-corrected chi connectivity index (χ4v) is 1.24. The Balaban J connectivity index is 3.11. The van der Waals surface area contributed by atoms with Crippen molar-refractivity contribution in [2.45, 2.75) is 0 Å². The van der Waals surface area contributed by atoms with Crippen molar-refractivity contribution in [3.05, 3.63) is 34.1 Å². The molecule has 1 aromatic rings. The summed E-state index contributed by atoms with van der Waals surface area (Å²) in [6.07, 6.45) is 3.21. The first-order chi connectivity index (χ1) is 6.16. The molecule has 0 saturated heterocycles. The van der Waals surface area contributed by atoms with Crippen LogP contribution in [-0.2, 0) is 0 Å². The molecule has 13 heavy (non-hydrogen) atoms. The summed E-state index contributed by atoms with van der Waals surface area (Å²) in [5, 5.41) is 9.11. The van der Waals surface area contributed by atoms with Gasteiger partial charge in [-0.2, -0.15) is 0 Å². The van der Waals surface area contributed by atoms with Crippen molar-refractivity contribution in [3.63, 3.8) is 0 Å². The van der Waals surface area contributed by atoms with Crippen LogP contribution in [0.3, 0.4) is 0 Å². The summed E-state index contributed by atoms with van der Waals surface area (Å²) in [5.74, 6) is -0.591. The number of rotatable bonds is 2. The Morgan fingerprint density at radius 1 is 1.54 bits per heavy atom. The summed E-state index contributed by atoms with van der Waals surface area (Å²) in [6.45, 7) is 0.359. The van der Waals surface area contributed by atoms with E-state index in [0.717, 1.165) is 0 Å². The molecule has 1 aromatic carbocycles. The summed E-state index contributed by atoms with van der Waals surface area (Å²) in [4.78, 5) is 0. The molecule has 0 aromatic heterocycles. The molecule has 2 nitrogen and oxygen atoms in total. The second-order valence-corrected chi connectivity index (χ2v) is 3.23. The Morgan fingerprint density at radius 2 is 2.23 bits per heavy atom. The fourth-order valence-electron chi connectivity index (χ4n) is 0.878. The molecule has 0 bridgehead atoms. The maximum Gasteiger partial charge on any atom is 0.148 e. The van der Waals surface area contributed by atoms with Gasteiger partial charge in [-0.05, 0) is 28.1 Å². The molecule has 0 saturated carbocycles. The molecular formula is C9H9BrFNO. The molecule has 0 amide bonds. The monoisotopic (exact) mass is 245 g/mol. The number of halogens is 2. The topological polar surface area (TPSA) is 46.2 Å². The number of aromatic hydroxyl groups is 1. The first-order valence-corrected chi connectivity index (χ1v) is 4.49. The number of hydrogen-bond donors (Lipinski definition) is 2. The van der Waals surface area contributed by atoms with Crippen LogP contribution in [0.4, 0.5) is 4.39 Å². The molecule has 0 radical (unpaired) electrons. The predicted octanol–water partition coefficient (Wildman–Crippen LogP) is 2.27. The molecule has 4 heteroatoms. The zero-order valence-corrected chi connectivity index (χ0v) is 8.38. The van der Waals surface area contributed by atoms with Gasteiger partial charge in [-0.1, -0.05) is 12.2 Å². The van der Waals surface area contributed by atoms with Gasteiger partial charge in [0.2, 0.25) is 0 Å². The Bertz CT molecular complexity index is 339. The van der Waals surface area contributed by atoms with Gasteiger partial charge in [-0.25, -0.2) is 4.39 Å². The zero-order valence-electron chi connectivity index (χ0n) is 6.80. The largest absolute Gasteiger partial charge is 0.507 e. The van der Waals surface area contributed by atoms with Gasteiger partial charge in [0.1, 0.15) is 11.6 Å². The van der Waals surface area contributed by atoms with E-state index in [0.29, 0.717) is 12.1 Å². The zero-order chi connectivity index (χ0) is 9.84. The number of phenols is 1. The molecule has 3 N–H and O–H groups in total. The Morgan fingerprint density at radius 3 is 2.85 bits per heavy atom. The lowest BCUT2D eigenvalue weighted by atomic mass is 10.2. The van der Waals surface area contributed by atoms with Gasteiger partial charge >= 0.3 is 0 Å². The van der Waals surface area contributed by atoms with E-state index in [1.807, 2.05) is 0 Å². The van der Waals surface area contributed by atoms with Gasteiger partial charge in [-0.15, -0.1) is 0 Å². The molecule has 0 aliphatic rings. The highest BCUT2D eigenvalue weighted by Gasteiger charge is 2.07. The Hall–Kier alpha value is -0.870. The van der Waals surface area contributed by atoms with Crippen LogP contribution in [0.2, 0.25) is 0 Å². The van der Waals surface area contributed by atoms with E-state index >= 15 is 0 Å². The Kier molecular flexibility index (Phi) is 3.45. The van der Waals surface area contributed by atoms with Crippen LogP contribution in [0.1, 0.15) is 5.56 Å². The quantitative estimate of drug-likeness (QED) is 0.840. The van der Waals surface area contributed by atoms with Gasteiger partial charge in [-0.3, -0.25) is 0 Å². The molecule has 0 atom stereocenters. The molecule has 0 unspecified atom stereocenters. The number of hydrogen-bond acceptors (Lipinski definition) is 2. The Labute approximate surface area is 84.0 Å². The van der Waals surface area contributed by atoms with Gasteiger partial charge in [0.15, 0.2) is 0 Å². The maximum atomic E-state index is 13.3. The van der Waals surface area contributed by atoms with Gasteiger partial charge in [0, 0.05) is 12.1 Å². The van der Waals surface area contributed by atoms with Crippen LogP contribution in [0.5, 0.6) is 5.75 Å². The fraction of sp³-hybridized carbons (Fsp3) is 0.111. The predicted molar refractivity (Wildman–Crippen MR) is 53.9 cm³/mol. The summed E-state index contributed by atoms with van der Waals surface area (Å²) in [7, 11) is 0. The third kappa shape index (κ3) is 2.29. The van der Waals surface area contributed by atoms with E-state index in [4.69, 9.17) is 10.8 Å². The second kappa shape index (κ2) is 4.39. The van der Waals surface area contributed by atoms with Crippen molar-refractivity contribution in [1.82, 2.24) is 0 Å². The van der Waals surface area contributed by atoms with Crippen LogP contribution in [0.15, 0.2) is 22.7 Å². The van der Waals surface area contributed by atoms with E-state index in [9.17, 15) is 4.39 Å².